The van der Waals surface area contributed by atoms with Crippen molar-refractivity contribution in [2.45, 2.75) is 13.3 Å². The van der Waals surface area contributed by atoms with E-state index in [2.05, 4.69) is 23.3 Å². The lowest BCUT2D eigenvalue weighted by Crippen LogP contribution is -2.41. The number of amides is 1. The van der Waals surface area contributed by atoms with Crippen molar-refractivity contribution < 1.29 is 9.53 Å². The highest BCUT2D eigenvalue weighted by Gasteiger charge is 2.16. The van der Waals surface area contributed by atoms with E-state index in [1.54, 1.807) is 0 Å². The second-order valence-electron chi connectivity index (χ2n) is 5.51. The molecule has 22 heavy (non-hydrogen) atoms. The minimum absolute atomic E-state index is 0.174. The molecule has 5 heteroatoms. The zero-order valence-corrected chi connectivity index (χ0v) is 12.8. The fourth-order valence-corrected chi connectivity index (χ4v) is 2.71. The first-order valence-corrected chi connectivity index (χ1v) is 7.70. The van der Waals surface area contributed by atoms with Gasteiger partial charge in [-0.05, 0) is 24.6 Å². The molecule has 0 saturated carbocycles. The maximum absolute atomic E-state index is 12.1. The van der Waals surface area contributed by atoms with Gasteiger partial charge in [0, 0.05) is 31.4 Å². The number of rotatable bonds is 4. The fraction of sp³-hybridized carbons (Fsp3) is 0.412. The van der Waals surface area contributed by atoms with E-state index in [1.807, 2.05) is 29.2 Å². The Morgan fingerprint density at radius 1 is 1.32 bits per heavy atom. The molecular weight excluding hydrogens is 278 g/mol. The number of fused-ring (bicyclic) bond motifs is 1. The number of anilines is 1. The van der Waals surface area contributed by atoms with Crippen LogP contribution in [0.3, 0.4) is 0 Å². The summed E-state index contributed by atoms with van der Waals surface area (Å²) < 4.78 is 5.26. The molecule has 1 saturated heterocycles. The number of ether oxygens (including phenoxy) is 1. The van der Waals surface area contributed by atoms with Crippen molar-refractivity contribution >= 4 is 22.6 Å². The van der Waals surface area contributed by atoms with E-state index >= 15 is 0 Å². The molecule has 0 bridgehead atoms. The lowest BCUT2D eigenvalue weighted by Gasteiger charge is -2.26. The number of aryl methyl sites for hydroxylation is 1. The monoisotopic (exact) mass is 299 g/mol. The van der Waals surface area contributed by atoms with Crippen molar-refractivity contribution in [2.24, 2.45) is 0 Å². The van der Waals surface area contributed by atoms with Gasteiger partial charge in [-0.2, -0.15) is 0 Å². The van der Waals surface area contributed by atoms with Crippen molar-refractivity contribution in [3.05, 3.63) is 35.9 Å². The summed E-state index contributed by atoms with van der Waals surface area (Å²) in [6.45, 7) is 5.36. The molecule has 2 heterocycles. The van der Waals surface area contributed by atoms with Crippen LogP contribution in [0, 0.1) is 6.92 Å². The normalized spacial score (nSPS) is 15.0. The maximum Gasteiger partial charge on any atom is 0.224 e. The molecule has 5 nitrogen and oxygen atoms in total. The summed E-state index contributed by atoms with van der Waals surface area (Å²) in [5.74, 6) is 0.999. The molecule has 1 aromatic heterocycles. The number of nitrogens with zero attached hydrogens (tertiary/aromatic N) is 2. The quantitative estimate of drug-likeness (QED) is 0.940. The number of morpholine rings is 1. The zero-order chi connectivity index (χ0) is 15.4. The van der Waals surface area contributed by atoms with Crippen LogP contribution in [0.1, 0.15) is 12.0 Å². The van der Waals surface area contributed by atoms with Crippen LogP contribution in [0.25, 0.3) is 10.9 Å². The third-order valence-corrected chi connectivity index (χ3v) is 3.93. The van der Waals surface area contributed by atoms with Crippen molar-refractivity contribution in [1.29, 1.82) is 0 Å². The van der Waals surface area contributed by atoms with E-state index < -0.39 is 0 Å². The first-order valence-electron chi connectivity index (χ1n) is 7.70. The Balaban J connectivity index is 1.58. The van der Waals surface area contributed by atoms with Gasteiger partial charge in [0.2, 0.25) is 5.91 Å². The Labute approximate surface area is 130 Å². The molecule has 2 aromatic rings. The number of carbonyl (C=O) groups excluding carboxylic acids is 1. The number of nitrogens with one attached hydrogen (secondary N) is 1. The average Bonchev–Trinajstić information content (AvgIpc) is 2.56. The topological polar surface area (TPSA) is 54.5 Å². The molecule has 1 aromatic carbocycles. The van der Waals surface area contributed by atoms with Gasteiger partial charge in [0.15, 0.2) is 0 Å². The predicted octanol–water partition coefficient (Wildman–Crippen LogP) is 2.20. The summed E-state index contributed by atoms with van der Waals surface area (Å²) in [5, 5.41) is 4.42. The van der Waals surface area contributed by atoms with E-state index in [0.717, 1.165) is 16.7 Å². The molecule has 0 unspecified atom stereocenters. The molecular formula is C17H21N3O2. The Kier molecular flexibility index (Phi) is 4.53. The number of carbonyl (C=O) groups is 1. The molecule has 1 amide bonds. The van der Waals surface area contributed by atoms with Gasteiger partial charge in [0.05, 0.1) is 18.7 Å². The second kappa shape index (κ2) is 6.75. The fourth-order valence-electron chi connectivity index (χ4n) is 2.71. The zero-order valence-electron chi connectivity index (χ0n) is 12.8. The average molecular weight is 299 g/mol. The highest BCUT2D eigenvalue weighted by atomic mass is 16.5. The third-order valence-electron chi connectivity index (χ3n) is 3.93. The van der Waals surface area contributed by atoms with Gasteiger partial charge in [-0.3, -0.25) is 4.79 Å². The van der Waals surface area contributed by atoms with Gasteiger partial charge < -0.3 is 15.0 Å². The van der Waals surface area contributed by atoms with E-state index in [4.69, 9.17) is 4.74 Å². The highest BCUT2D eigenvalue weighted by molar-refractivity contribution is 5.83. The lowest BCUT2D eigenvalue weighted by molar-refractivity contribution is -0.134. The Bertz CT molecular complexity index is 666. The number of para-hydroxylation sites is 1. The van der Waals surface area contributed by atoms with E-state index in [9.17, 15) is 4.79 Å². The SMILES string of the molecule is Cc1cc(NCCC(=O)N2CCOCC2)nc2ccccc12. The summed E-state index contributed by atoms with van der Waals surface area (Å²) in [5.41, 5.74) is 2.16. The minimum Gasteiger partial charge on any atom is -0.378 e. The summed E-state index contributed by atoms with van der Waals surface area (Å²) in [4.78, 5) is 18.5. The molecule has 1 fully saturated rings. The van der Waals surface area contributed by atoms with Crippen molar-refractivity contribution in [2.75, 3.05) is 38.2 Å². The Morgan fingerprint density at radius 3 is 2.91 bits per heavy atom. The molecule has 0 spiro atoms. The number of pyridine rings is 1. The smallest absolute Gasteiger partial charge is 0.224 e. The molecule has 0 aliphatic carbocycles. The highest BCUT2D eigenvalue weighted by Crippen LogP contribution is 2.19. The van der Waals surface area contributed by atoms with Crippen molar-refractivity contribution in [3.63, 3.8) is 0 Å². The van der Waals surface area contributed by atoms with Gasteiger partial charge in [-0.15, -0.1) is 0 Å². The molecule has 3 rings (SSSR count). The van der Waals surface area contributed by atoms with Gasteiger partial charge in [-0.1, -0.05) is 18.2 Å². The standard InChI is InChI=1S/C17H21N3O2/c1-13-12-16(19-15-5-3-2-4-14(13)15)18-7-6-17(21)20-8-10-22-11-9-20/h2-5,12H,6-11H2,1H3,(H,18,19). The van der Waals surface area contributed by atoms with Crippen LogP contribution in [0.2, 0.25) is 0 Å². The first kappa shape index (κ1) is 14.8. The second-order valence-corrected chi connectivity index (χ2v) is 5.51. The van der Waals surface area contributed by atoms with Crippen molar-refractivity contribution in [1.82, 2.24) is 9.88 Å². The van der Waals surface area contributed by atoms with Crippen molar-refractivity contribution in [3.8, 4) is 0 Å². The minimum atomic E-state index is 0.174. The van der Waals surface area contributed by atoms with Crippen LogP contribution in [0.5, 0.6) is 0 Å². The number of hydrogen-bond donors (Lipinski definition) is 1. The van der Waals surface area contributed by atoms with Gasteiger partial charge in [0.1, 0.15) is 5.82 Å². The molecule has 0 atom stereocenters. The summed E-state index contributed by atoms with van der Waals surface area (Å²) in [7, 11) is 0. The summed E-state index contributed by atoms with van der Waals surface area (Å²) in [6, 6.07) is 10.1. The van der Waals surface area contributed by atoms with E-state index in [1.165, 1.54) is 5.56 Å². The van der Waals surface area contributed by atoms with Crippen LogP contribution in [0.4, 0.5) is 5.82 Å². The van der Waals surface area contributed by atoms with Crippen LogP contribution in [-0.4, -0.2) is 48.6 Å². The lowest BCUT2D eigenvalue weighted by atomic mass is 10.1. The molecule has 0 radical (unpaired) electrons. The predicted molar refractivity (Wildman–Crippen MR) is 87.0 cm³/mol. The summed E-state index contributed by atoms with van der Waals surface area (Å²) >= 11 is 0. The molecule has 1 N–H and O–H groups in total. The van der Waals surface area contributed by atoms with Crippen LogP contribution in [0.15, 0.2) is 30.3 Å². The number of benzene rings is 1. The van der Waals surface area contributed by atoms with Crippen LogP contribution in [-0.2, 0) is 9.53 Å². The van der Waals surface area contributed by atoms with Crippen LogP contribution < -0.4 is 5.32 Å². The van der Waals surface area contributed by atoms with E-state index in [0.29, 0.717) is 39.3 Å². The molecule has 1 aliphatic rings. The first-order chi connectivity index (χ1) is 10.7. The number of hydrogen-bond acceptors (Lipinski definition) is 4. The van der Waals surface area contributed by atoms with Crippen LogP contribution >= 0.6 is 0 Å². The number of aromatic nitrogens is 1. The van der Waals surface area contributed by atoms with Gasteiger partial charge in [-0.25, -0.2) is 4.98 Å². The van der Waals surface area contributed by atoms with E-state index in [-0.39, 0.29) is 5.91 Å². The third kappa shape index (κ3) is 3.36. The molecule has 1 aliphatic heterocycles. The molecule has 116 valence electrons. The Morgan fingerprint density at radius 2 is 2.09 bits per heavy atom. The van der Waals surface area contributed by atoms with Gasteiger partial charge >= 0.3 is 0 Å². The summed E-state index contributed by atoms with van der Waals surface area (Å²) in [6.07, 6.45) is 0.480. The maximum atomic E-state index is 12.1. The van der Waals surface area contributed by atoms with Gasteiger partial charge in [0.25, 0.3) is 0 Å². The Hall–Kier alpha value is -2.14. The largest absolute Gasteiger partial charge is 0.378 e.